The third kappa shape index (κ3) is 3.27. The van der Waals surface area contributed by atoms with Gasteiger partial charge >= 0.3 is 0 Å². The Kier molecular flexibility index (Phi) is 5.18. The normalized spacial score (nSPS) is 16.1. The van der Waals surface area contributed by atoms with Gasteiger partial charge in [-0.15, -0.1) is 0 Å². The minimum Gasteiger partial charge on any atom is -0.218 e. The molecule has 0 unspecified atom stereocenters. The van der Waals surface area contributed by atoms with Gasteiger partial charge in [0.2, 0.25) is 29.9 Å². The van der Waals surface area contributed by atoms with Crippen molar-refractivity contribution in [3.8, 4) is 0 Å². The van der Waals surface area contributed by atoms with Gasteiger partial charge in [-0.3, -0.25) is 0 Å². The molecule has 2 aromatic carbocycles. The summed E-state index contributed by atoms with van der Waals surface area (Å²) >= 11 is 1.14. The molecule has 0 radical (unpaired) electrons. The molecule has 1 heterocycles. The molecule has 1 aliphatic rings. The van der Waals surface area contributed by atoms with E-state index in [0.717, 1.165) is 32.5 Å². The topological polar surface area (TPSA) is 109 Å². The molecule has 0 bridgehead atoms. The Morgan fingerprint density at radius 3 is 1.39 bits per heavy atom. The van der Waals surface area contributed by atoms with Crippen molar-refractivity contribution in [2.45, 2.75) is 29.4 Å². The van der Waals surface area contributed by atoms with Crippen molar-refractivity contribution >= 4 is 41.6 Å². The standard InChI is InChI=1S/C16H18N2O6S4/c1-17(2)27(21,22)11-5-7-13-15(9-11)26(19,20)16-10-12(6-8-14(16)25-13)28(23,24)18(3)4/h5-10H,1-4H3. The largest absolute Gasteiger partial charge is 0.242 e. The van der Waals surface area contributed by atoms with Gasteiger partial charge < -0.3 is 0 Å². The molecular weight excluding hydrogens is 444 g/mol. The van der Waals surface area contributed by atoms with E-state index in [1.165, 1.54) is 52.5 Å². The SMILES string of the molecule is CN(C)S(=O)(=O)c1ccc2c(c1)S(=O)(=O)c1cc(S(=O)(=O)N(C)C)ccc1S2. The number of hydrogen-bond acceptors (Lipinski definition) is 7. The van der Waals surface area contributed by atoms with Gasteiger partial charge in [0.05, 0.1) is 19.6 Å². The van der Waals surface area contributed by atoms with Crippen molar-refractivity contribution < 1.29 is 25.3 Å². The van der Waals surface area contributed by atoms with E-state index in [9.17, 15) is 25.3 Å². The minimum absolute atomic E-state index is 0.152. The molecule has 0 aromatic heterocycles. The first-order chi connectivity index (χ1) is 12.8. The van der Waals surface area contributed by atoms with Crippen LogP contribution in [0, 0.1) is 0 Å². The van der Waals surface area contributed by atoms with Crippen LogP contribution in [0.25, 0.3) is 0 Å². The Hall–Kier alpha value is -1.44. The third-order valence-electron chi connectivity index (χ3n) is 4.19. The van der Waals surface area contributed by atoms with E-state index in [0.29, 0.717) is 9.79 Å². The smallest absolute Gasteiger partial charge is 0.218 e. The van der Waals surface area contributed by atoms with E-state index >= 15 is 0 Å². The lowest BCUT2D eigenvalue weighted by Crippen LogP contribution is -2.23. The lowest BCUT2D eigenvalue weighted by molar-refractivity contribution is 0.519. The van der Waals surface area contributed by atoms with Crippen LogP contribution in [0.1, 0.15) is 0 Å². The number of fused-ring (bicyclic) bond motifs is 2. The van der Waals surface area contributed by atoms with E-state index in [2.05, 4.69) is 0 Å². The van der Waals surface area contributed by atoms with Crippen LogP contribution in [0.3, 0.4) is 0 Å². The monoisotopic (exact) mass is 462 g/mol. The number of rotatable bonds is 4. The molecule has 12 heteroatoms. The summed E-state index contributed by atoms with van der Waals surface area (Å²) in [7, 11) is -6.34. The molecule has 0 atom stereocenters. The highest BCUT2D eigenvalue weighted by atomic mass is 32.2. The summed E-state index contributed by atoms with van der Waals surface area (Å²) in [5.74, 6) is 0. The van der Waals surface area contributed by atoms with Gasteiger partial charge in [0.15, 0.2) is 0 Å². The molecule has 0 fully saturated rings. The Morgan fingerprint density at radius 2 is 1.07 bits per heavy atom. The molecule has 152 valence electrons. The summed E-state index contributed by atoms with van der Waals surface area (Å²) in [6, 6.07) is 7.83. The van der Waals surface area contributed by atoms with Crippen molar-refractivity contribution in [3.05, 3.63) is 36.4 Å². The number of benzene rings is 2. The molecule has 2 aromatic rings. The molecule has 0 spiro atoms. The molecule has 0 N–H and O–H groups in total. The molecule has 3 rings (SSSR count). The van der Waals surface area contributed by atoms with Crippen molar-refractivity contribution in [2.75, 3.05) is 28.2 Å². The summed E-state index contributed by atoms with van der Waals surface area (Å²) in [5.41, 5.74) is 0. The molecule has 0 saturated heterocycles. The van der Waals surface area contributed by atoms with Crippen molar-refractivity contribution in [2.24, 2.45) is 0 Å². The minimum atomic E-state index is -4.11. The van der Waals surface area contributed by atoms with Crippen molar-refractivity contribution in [1.82, 2.24) is 8.61 Å². The van der Waals surface area contributed by atoms with Gasteiger partial charge in [0, 0.05) is 38.0 Å². The highest BCUT2D eigenvalue weighted by Gasteiger charge is 2.33. The Morgan fingerprint density at radius 1 is 0.714 bits per heavy atom. The Labute approximate surface area is 169 Å². The van der Waals surface area contributed by atoms with Gasteiger partial charge in [0.1, 0.15) is 0 Å². The number of sulfone groups is 1. The fraction of sp³-hybridized carbons (Fsp3) is 0.250. The maximum Gasteiger partial charge on any atom is 0.242 e. The zero-order valence-electron chi connectivity index (χ0n) is 15.4. The average molecular weight is 463 g/mol. The summed E-state index contributed by atoms with van der Waals surface area (Å²) < 4.78 is 77.8. The second kappa shape index (κ2) is 6.82. The molecule has 0 saturated carbocycles. The Balaban J connectivity index is 2.23. The van der Waals surface area contributed by atoms with Gasteiger partial charge in [-0.1, -0.05) is 11.8 Å². The summed E-state index contributed by atoms with van der Waals surface area (Å²) in [6.07, 6.45) is 0. The van der Waals surface area contributed by atoms with Crippen LogP contribution in [-0.2, 0) is 29.9 Å². The molecule has 1 aliphatic heterocycles. The molecule has 8 nitrogen and oxygen atoms in total. The second-order valence-corrected chi connectivity index (χ2v) is 13.7. The van der Waals surface area contributed by atoms with Crippen LogP contribution in [0.5, 0.6) is 0 Å². The quantitative estimate of drug-likeness (QED) is 0.578. The molecule has 28 heavy (non-hydrogen) atoms. The van der Waals surface area contributed by atoms with Crippen LogP contribution in [-0.4, -0.2) is 62.1 Å². The van der Waals surface area contributed by atoms with E-state index in [-0.39, 0.29) is 19.6 Å². The van der Waals surface area contributed by atoms with Crippen LogP contribution < -0.4 is 0 Å². The lowest BCUT2D eigenvalue weighted by atomic mass is 10.3. The van der Waals surface area contributed by atoms with Crippen LogP contribution in [0.15, 0.2) is 65.8 Å². The lowest BCUT2D eigenvalue weighted by Gasteiger charge is -2.21. The van der Waals surface area contributed by atoms with Crippen molar-refractivity contribution in [3.63, 3.8) is 0 Å². The average Bonchev–Trinajstić information content (AvgIpc) is 2.61. The number of nitrogens with zero attached hydrogens (tertiary/aromatic N) is 2. The zero-order chi connectivity index (χ0) is 21.1. The van der Waals surface area contributed by atoms with Gasteiger partial charge in [-0.25, -0.2) is 33.9 Å². The van der Waals surface area contributed by atoms with Gasteiger partial charge in [-0.2, -0.15) is 0 Å². The first-order valence-corrected chi connectivity index (χ1v) is 13.0. The van der Waals surface area contributed by atoms with Crippen LogP contribution >= 0.6 is 11.8 Å². The maximum absolute atomic E-state index is 13.2. The summed E-state index contributed by atoms with van der Waals surface area (Å²) in [6.45, 7) is 0. The number of hydrogen-bond donors (Lipinski definition) is 0. The van der Waals surface area contributed by atoms with Crippen LogP contribution in [0.2, 0.25) is 0 Å². The zero-order valence-corrected chi connectivity index (χ0v) is 18.7. The van der Waals surface area contributed by atoms with Gasteiger partial charge in [0.25, 0.3) is 0 Å². The fourth-order valence-electron chi connectivity index (χ4n) is 2.54. The van der Waals surface area contributed by atoms with E-state index in [1.807, 2.05) is 0 Å². The van der Waals surface area contributed by atoms with Gasteiger partial charge in [-0.05, 0) is 36.4 Å². The maximum atomic E-state index is 13.2. The van der Waals surface area contributed by atoms with Crippen LogP contribution in [0.4, 0.5) is 0 Å². The summed E-state index contributed by atoms with van der Waals surface area (Å²) in [5, 5.41) is 0. The predicted molar refractivity (Wildman–Crippen MR) is 104 cm³/mol. The number of sulfonamides is 2. The molecule has 0 amide bonds. The molecule has 0 aliphatic carbocycles. The Bertz CT molecular complexity index is 1190. The van der Waals surface area contributed by atoms with Crippen molar-refractivity contribution in [1.29, 1.82) is 0 Å². The fourth-order valence-corrected chi connectivity index (χ4v) is 7.75. The first kappa shape index (κ1) is 21.3. The molecular formula is C16H18N2O6S4. The highest BCUT2D eigenvalue weighted by molar-refractivity contribution is 8.02. The van der Waals surface area contributed by atoms with E-state index in [1.54, 1.807) is 0 Å². The second-order valence-electron chi connectivity index (χ2n) is 6.40. The summed E-state index contributed by atoms with van der Waals surface area (Å²) in [4.78, 5) is 0.142. The van der Waals surface area contributed by atoms with E-state index < -0.39 is 29.9 Å². The first-order valence-electron chi connectivity index (χ1n) is 7.85. The highest BCUT2D eigenvalue weighted by Crippen LogP contribution is 2.46. The predicted octanol–water partition coefficient (Wildman–Crippen LogP) is 1.48. The van der Waals surface area contributed by atoms with E-state index in [4.69, 9.17) is 0 Å². The third-order valence-corrected chi connectivity index (χ3v) is 11.1.